The third kappa shape index (κ3) is 4.17. The highest BCUT2D eigenvalue weighted by atomic mass is 32.1. The van der Waals surface area contributed by atoms with Crippen LogP contribution in [0.2, 0.25) is 0 Å². The highest BCUT2D eigenvalue weighted by Gasteiger charge is 2.11. The van der Waals surface area contributed by atoms with Crippen LogP contribution < -0.4 is 5.56 Å². The maximum atomic E-state index is 12.1. The molecule has 7 heteroatoms. The van der Waals surface area contributed by atoms with Crippen molar-refractivity contribution < 1.29 is 9.53 Å². The molecule has 0 aliphatic carbocycles. The average molecular weight is 371 g/mol. The number of ether oxygens (including phenoxy) is 1. The van der Waals surface area contributed by atoms with E-state index in [0.29, 0.717) is 29.2 Å². The number of aromatic nitrogens is 2. The van der Waals surface area contributed by atoms with Gasteiger partial charge in [0.25, 0.3) is 5.56 Å². The van der Waals surface area contributed by atoms with Crippen molar-refractivity contribution in [1.29, 1.82) is 0 Å². The maximum absolute atomic E-state index is 12.1. The summed E-state index contributed by atoms with van der Waals surface area (Å²) in [4.78, 5) is 33.3. The summed E-state index contributed by atoms with van der Waals surface area (Å²) in [5, 5.41) is 1.88. The van der Waals surface area contributed by atoms with Gasteiger partial charge in [-0.3, -0.25) is 9.69 Å². The number of benzene rings is 1. The van der Waals surface area contributed by atoms with E-state index in [1.807, 2.05) is 23.6 Å². The van der Waals surface area contributed by atoms with Crippen LogP contribution in [-0.2, 0) is 17.8 Å². The molecule has 0 saturated carbocycles. The first-order valence-electron chi connectivity index (χ1n) is 8.46. The molecule has 136 valence electrons. The lowest BCUT2D eigenvalue weighted by atomic mass is 10.1. The Bertz CT molecular complexity index is 947. The minimum absolute atomic E-state index is 0.0844. The number of rotatable bonds is 7. The Morgan fingerprint density at radius 1 is 1.23 bits per heavy atom. The topological polar surface area (TPSA) is 75.3 Å². The van der Waals surface area contributed by atoms with Crippen LogP contribution >= 0.6 is 11.3 Å². The molecule has 0 unspecified atom stereocenters. The summed E-state index contributed by atoms with van der Waals surface area (Å²) in [5.41, 5.74) is 2.28. The number of fused-ring (bicyclic) bond motifs is 1. The van der Waals surface area contributed by atoms with Gasteiger partial charge in [0.15, 0.2) is 0 Å². The van der Waals surface area contributed by atoms with Crippen LogP contribution in [-0.4, -0.2) is 34.5 Å². The van der Waals surface area contributed by atoms with Crippen LogP contribution in [0, 0.1) is 0 Å². The molecule has 0 bridgehead atoms. The van der Waals surface area contributed by atoms with E-state index < -0.39 is 0 Å². The van der Waals surface area contributed by atoms with Crippen LogP contribution in [0.25, 0.3) is 10.2 Å². The number of methoxy groups -OCH3 is 1. The molecule has 1 aromatic carbocycles. The Morgan fingerprint density at radius 3 is 2.69 bits per heavy atom. The van der Waals surface area contributed by atoms with E-state index in [1.54, 1.807) is 12.1 Å². The van der Waals surface area contributed by atoms with E-state index in [0.717, 1.165) is 24.0 Å². The molecule has 2 heterocycles. The van der Waals surface area contributed by atoms with E-state index >= 15 is 0 Å². The summed E-state index contributed by atoms with van der Waals surface area (Å²) in [6, 6.07) is 9.25. The quantitative estimate of drug-likeness (QED) is 0.646. The van der Waals surface area contributed by atoms with Gasteiger partial charge in [-0.15, -0.1) is 11.3 Å². The average Bonchev–Trinajstić information content (AvgIpc) is 3.11. The zero-order valence-electron chi connectivity index (χ0n) is 14.8. The lowest BCUT2D eigenvalue weighted by Crippen LogP contribution is -2.26. The van der Waals surface area contributed by atoms with E-state index in [2.05, 4.69) is 21.8 Å². The monoisotopic (exact) mass is 371 g/mol. The van der Waals surface area contributed by atoms with Gasteiger partial charge in [0.1, 0.15) is 10.5 Å². The van der Waals surface area contributed by atoms with E-state index in [4.69, 9.17) is 4.74 Å². The largest absolute Gasteiger partial charge is 0.465 e. The molecule has 3 aromatic rings. The number of carbonyl (C=O) groups is 1. The van der Waals surface area contributed by atoms with Gasteiger partial charge in [-0.2, -0.15) is 0 Å². The minimum Gasteiger partial charge on any atom is -0.465 e. The predicted molar refractivity (Wildman–Crippen MR) is 102 cm³/mol. The summed E-state index contributed by atoms with van der Waals surface area (Å²) in [7, 11) is 1.37. The van der Waals surface area contributed by atoms with Crippen LogP contribution in [0.3, 0.4) is 0 Å². The molecule has 0 radical (unpaired) electrons. The molecule has 0 atom stereocenters. The number of carbonyl (C=O) groups excluding carboxylic acids is 1. The number of nitrogens with zero attached hydrogens (tertiary/aromatic N) is 2. The highest BCUT2D eigenvalue weighted by molar-refractivity contribution is 7.17. The SMILES string of the molecule is CCCN(Cc1ccc(C(=O)OC)cc1)Cc1nc2ccsc2c(=O)[nH]1. The summed E-state index contributed by atoms with van der Waals surface area (Å²) in [6.45, 7) is 4.27. The summed E-state index contributed by atoms with van der Waals surface area (Å²) >= 11 is 1.40. The Labute approximate surface area is 155 Å². The fraction of sp³-hybridized carbons (Fsp3) is 0.316. The predicted octanol–water partition coefficient (Wildman–Crippen LogP) is 3.18. The first-order valence-corrected chi connectivity index (χ1v) is 9.34. The molecule has 0 spiro atoms. The van der Waals surface area contributed by atoms with Gasteiger partial charge < -0.3 is 9.72 Å². The molecule has 6 nitrogen and oxygen atoms in total. The number of thiophene rings is 1. The summed E-state index contributed by atoms with van der Waals surface area (Å²) in [6.07, 6.45) is 0.991. The second kappa shape index (κ2) is 8.25. The number of hydrogen-bond donors (Lipinski definition) is 1. The molecule has 1 N–H and O–H groups in total. The molecule has 3 rings (SSSR count). The number of nitrogens with one attached hydrogen (secondary N) is 1. The van der Waals surface area contributed by atoms with Gasteiger partial charge in [0, 0.05) is 6.54 Å². The van der Waals surface area contributed by atoms with Crippen LogP contribution in [0.15, 0.2) is 40.5 Å². The molecule has 26 heavy (non-hydrogen) atoms. The molecule has 0 amide bonds. The standard InChI is InChI=1S/C19H21N3O3S/c1-3-9-22(11-13-4-6-14(7-5-13)19(24)25-2)12-16-20-15-8-10-26-17(15)18(23)21-16/h4-8,10H,3,9,11-12H2,1-2H3,(H,20,21,23). The van der Waals surface area contributed by atoms with E-state index in [9.17, 15) is 9.59 Å². The highest BCUT2D eigenvalue weighted by Crippen LogP contribution is 2.15. The summed E-state index contributed by atoms with van der Waals surface area (Å²) < 4.78 is 5.39. The van der Waals surface area contributed by atoms with E-state index in [1.165, 1.54) is 18.4 Å². The normalized spacial score (nSPS) is 11.2. The van der Waals surface area contributed by atoms with Crippen LogP contribution in [0.1, 0.15) is 35.1 Å². The Kier molecular flexibility index (Phi) is 5.80. The zero-order valence-corrected chi connectivity index (χ0v) is 15.6. The van der Waals surface area contributed by atoms with Gasteiger partial charge in [-0.25, -0.2) is 9.78 Å². The zero-order chi connectivity index (χ0) is 18.5. The van der Waals surface area contributed by atoms with Crippen molar-refractivity contribution in [3.05, 3.63) is 63.0 Å². The number of esters is 1. The number of aromatic amines is 1. The third-order valence-electron chi connectivity index (χ3n) is 4.06. The van der Waals surface area contributed by atoms with Crippen LogP contribution in [0.4, 0.5) is 0 Å². The van der Waals surface area contributed by atoms with Gasteiger partial charge >= 0.3 is 5.97 Å². The van der Waals surface area contributed by atoms with Crippen molar-refractivity contribution in [3.8, 4) is 0 Å². The Balaban J connectivity index is 1.75. The smallest absolute Gasteiger partial charge is 0.337 e. The van der Waals surface area contributed by atoms with Gasteiger partial charge in [-0.1, -0.05) is 19.1 Å². The number of H-pyrrole nitrogens is 1. The minimum atomic E-state index is -0.340. The Hall–Kier alpha value is -2.51. The van der Waals surface area contributed by atoms with Crippen molar-refractivity contribution in [2.24, 2.45) is 0 Å². The van der Waals surface area contributed by atoms with Crippen molar-refractivity contribution in [2.45, 2.75) is 26.4 Å². The second-order valence-electron chi connectivity index (χ2n) is 6.05. The molecular weight excluding hydrogens is 350 g/mol. The van der Waals surface area contributed by atoms with Crippen LogP contribution in [0.5, 0.6) is 0 Å². The van der Waals surface area contributed by atoms with Crippen molar-refractivity contribution in [2.75, 3.05) is 13.7 Å². The molecule has 0 aliphatic rings. The van der Waals surface area contributed by atoms with Gasteiger partial charge in [0.2, 0.25) is 0 Å². The first kappa shape index (κ1) is 18.3. The Morgan fingerprint density at radius 2 is 2.00 bits per heavy atom. The summed E-state index contributed by atoms with van der Waals surface area (Å²) in [5.74, 6) is 0.327. The molecule has 0 fully saturated rings. The fourth-order valence-corrected chi connectivity index (χ4v) is 3.59. The van der Waals surface area contributed by atoms with Crippen molar-refractivity contribution in [3.63, 3.8) is 0 Å². The van der Waals surface area contributed by atoms with Crippen molar-refractivity contribution >= 4 is 27.5 Å². The third-order valence-corrected chi connectivity index (χ3v) is 4.96. The van der Waals surface area contributed by atoms with Crippen molar-refractivity contribution in [1.82, 2.24) is 14.9 Å². The lowest BCUT2D eigenvalue weighted by molar-refractivity contribution is 0.0600. The fourth-order valence-electron chi connectivity index (χ4n) is 2.86. The molecule has 2 aromatic heterocycles. The van der Waals surface area contributed by atoms with Gasteiger partial charge in [-0.05, 0) is 42.1 Å². The second-order valence-corrected chi connectivity index (χ2v) is 6.96. The maximum Gasteiger partial charge on any atom is 0.337 e. The van der Waals surface area contributed by atoms with Gasteiger partial charge in [0.05, 0.1) is 24.7 Å². The molecule has 0 aliphatic heterocycles. The molecule has 0 saturated heterocycles. The lowest BCUT2D eigenvalue weighted by Gasteiger charge is -2.21. The van der Waals surface area contributed by atoms with E-state index in [-0.39, 0.29) is 11.5 Å². The molecular formula is C19H21N3O3S. The first-order chi connectivity index (χ1) is 12.6. The number of hydrogen-bond acceptors (Lipinski definition) is 6.